The molecule has 3 heteroatoms. The van der Waals surface area contributed by atoms with Crippen molar-refractivity contribution in [3.8, 4) is 0 Å². The van der Waals surface area contributed by atoms with Crippen LogP contribution in [0.15, 0.2) is 24.3 Å². The number of hydrogen-bond donors (Lipinski definition) is 1. The topological polar surface area (TPSA) is 15.3 Å². The molecule has 0 bridgehead atoms. The van der Waals surface area contributed by atoms with Gasteiger partial charge in [-0.1, -0.05) is 18.6 Å². The molecule has 0 radical (unpaired) electrons. The number of anilines is 1. The van der Waals surface area contributed by atoms with E-state index >= 15 is 0 Å². The monoisotopic (exact) mass is 264 g/mol. The van der Waals surface area contributed by atoms with Crippen LogP contribution in [0.3, 0.4) is 0 Å². The molecule has 1 aromatic rings. The van der Waals surface area contributed by atoms with Crippen LogP contribution in [0.4, 0.5) is 5.69 Å². The van der Waals surface area contributed by atoms with E-state index in [0.717, 1.165) is 11.8 Å². The van der Waals surface area contributed by atoms with E-state index in [1.807, 2.05) is 11.8 Å². The average molecular weight is 264 g/mol. The van der Waals surface area contributed by atoms with Crippen molar-refractivity contribution in [2.45, 2.75) is 37.1 Å². The summed E-state index contributed by atoms with van der Waals surface area (Å²) < 4.78 is 0. The van der Waals surface area contributed by atoms with Crippen molar-refractivity contribution in [1.29, 1.82) is 0 Å². The van der Waals surface area contributed by atoms with Crippen molar-refractivity contribution in [3.63, 3.8) is 0 Å². The van der Waals surface area contributed by atoms with Crippen LogP contribution < -0.4 is 10.2 Å². The van der Waals surface area contributed by atoms with Crippen LogP contribution in [0, 0.1) is 0 Å². The molecule has 1 aliphatic carbocycles. The number of rotatable bonds is 5. The Hall–Kier alpha value is -0.670. The van der Waals surface area contributed by atoms with Gasteiger partial charge in [-0.15, -0.1) is 0 Å². The highest BCUT2D eigenvalue weighted by Gasteiger charge is 2.25. The number of nitrogens with zero attached hydrogens (tertiary/aromatic N) is 1. The lowest BCUT2D eigenvalue weighted by atomic mass is 10.1. The molecule has 0 aliphatic heterocycles. The van der Waals surface area contributed by atoms with Gasteiger partial charge in [0.1, 0.15) is 0 Å². The largest absolute Gasteiger partial charge is 0.378 e. The van der Waals surface area contributed by atoms with Gasteiger partial charge in [0.05, 0.1) is 0 Å². The van der Waals surface area contributed by atoms with Gasteiger partial charge in [-0.3, -0.25) is 0 Å². The third-order valence-electron chi connectivity index (χ3n) is 3.78. The van der Waals surface area contributed by atoms with Gasteiger partial charge in [-0.25, -0.2) is 0 Å². The molecule has 100 valence electrons. The van der Waals surface area contributed by atoms with E-state index in [1.54, 1.807) is 0 Å². The number of nitrogens with one attached hydrogen (secondary N) is 1. The van der Waals surface area contributed by atoms with Crippen LogP contribution in [-0.4, -0.2) is 31.6 Å². The van der Waals surface area contributed by atoms with E-state index in [1.165, 1.54) is 30.5 Å². The molecule has 1 aromatic carbocycles. The summed E-state index contributed by atoms with van der Waals surface area (Å²) in [4.78, 5) is 2.14. The van der Waals surface area contributed by atoms with Crippen molar-refractivity contribution >= 4 is 17.4 Å². The highest BCUT2D eigenvalue weighted by molar-refractivity contribution is 7.99. The van der Waals surface area contributed by atoms with Crippen LogP contribution in [0.5, 0.6) is 0 Å². The Morgan fingerprint density at radius 2 is 1.94 bits per heavy atom. The number of benzene rings is 1. The Kier molecular flexibility index (Phi) is 4.95. The Morgan fingerprint density at radius 3 is 2.56 bits per heavy atom. The van der Waals surface area contributed by atoms with Crippen LogP contribution >= 0.6 is 11.8 Å². The van der Waals surface area contributed by atoms with Gasteiger partial charge in [0.2, 0.25) is 0 Å². The molecule has 2 unspecified atom stereocenters. The molecule has 1 fully saturated rings. The van der Waals surface area contributed by atoms with Gasteiger partial charge in [0.25, 0.3) is 0 Å². The van der Waals surface area contributed by atoms with Gasteiger partial charge in [0, 0.05) is 37.6 Å². The van der Waals surface area contributed by atoms with Crippen molar-refractivity contribution in [1.82, 2.24) is 5.32 Å². The van der Waals surface area contributed by atoms with Crippen molar-refractivity contribution in [3.05, 3.63) is 29.8 Å². The molecule has 0 spiro atoms. The Bertz CT molecular complexity index is 361. The highest BCUT2D eigenvalue weighted by Crippen LogP contribution is 2.28. The molecule has 2 atom stereocenters. The average Bonchev–Trinajstić information content (AvgIpc) is 2.84. The number of thioether (sulfide) groups is 1. The van der Waals surface area contributed by atoms with Gasteiger partial charge in [-0.05, 0) is 36.8 Å². The van der Waals surface area contributed by atoms with E-state index in [-0.39, 0.29) is 0 Å². The van der Waals surface area contributed by atoms with E-state index in [2.05, 4.69) is 54.8 Å². The van der Waals surface area contributed by atoms with Crippen molar-refractivity contribution < 1.29 is 0 Å². The molecular formula is C15H24N2S. The minimum absolute atomic E-state index is 0.702. The summed E-state index contributed by atoms with van der Waals surface area (Å²) in [6, 6.07) is 9.54. The third kappa shape index (κ3) is 3.42. The molecule has 18 heavy (non-hydrogen) atoms. The first-order valence-electron chi connectivity index (χ1n) is 6.73. The van der Waals surface area contributed by atoms with E-state index in [0.29, 0.717) is 6.04 Å². The molecule has 0 heterocycles. The fourth-order valence-corrected chi connectivity index (χ4v) is 3.57. The van der Waals surface area contributed by atoms with E-state index < -0.39 is 0 Å². The van der Waals surface area contributed by atoms with Crippen LogP contribution in [0.2, 0.25) is 0 Å². The van der Waals surface area contributed by atoms with E-state index in [4.69, 9.17) is 0 Å². The molecule has 0 saturated heterocycles. The Labute approximate surface area is 115 Å². The molecule has 1 N–H and O–H groups in total. The zero-order valence-electron chi connectivity index (χ0n) is 11.6. The minimum Gasteiger partial charge on any atom is -0.378 e. The quantitative estimate of drug-likeness (QED) is 0.879. The highest BCUT2D eigenvalue weighted by atomic mass is 32.2. The van der Waals surface area contributed by atoms with Crippen LogP contribution in [0.25, 0.3) is 0 Å². The van der Waals surface area contributed by atoms with Gasteiger partial charge < -0.3 is 10.2 Å². The summed E-state index contributed by atoms with van der Waals surface area (Å²) in [5.41, 5.74) is 2.65. The van der Waals surface area contributed by atoms with E-state index in [9.17, 15) is 0 Å². The molecule has 1 aliphatic rings. The third-order valence-corrected chi connectivity index (χ3v) is 4.95. The summed E-state index contributed by atoms with van der Waals surface area (Å²) in [6.07, 6.45) is 6.32. The number of hydrogen-bond acceptors (Lipinski definition) is 3. The second-order valence-corrected chi connectivity index (χ2v) is 6.33. The lowest BCUT2D eigenvalue weighted by Crippen LogP contribution is -2.33. The van der Waals surface area contributed by atoms with Crippen LogP contribution in [0.1, 0.15) is 24.8 Å². The summed E-state index contributed by atoms with van der Waals surface area (Å²) in [5.74, 6) is 0. The van der Waals surface area contributed by atoms with Gasteiger partial charge in [0.15, 0.2) is 0 Å². The Morgan fingerprint density at radius 1 is 1.22 bits per heavy atom. The zero-order chi connectivity index (χ0) is 13.0. The summed E-state index contributed by atoms with van der Waals surface area (Å²) in [5, 5.41) is 4.52. The first-order chi connectivity index (χ1) is 8.70. The molecule has 1 saturated carbocycles. The molecule has 0 amide bonds. The fraction of sp³-hybridized carbons (Fsp3) is 0.600. The van der Waals surface area contributed by atoms with Crippen molar-refractivity contribution in [2.75, 3.05) is 25.3 Å². The first kappa shape index (κ1) is 13.8. The fourth-order valence-electron chi connectivity index (χ4n) is 2.60. The molecule has 2 rings (SSSR count). The standard InChI is InChI=1S/C15H24N2S/c1-17(2)13-9-7-12(8-10-13)11-16-14-5-4-6-15(14)18-3/h7-10,14-16H,4-6,11H2,1-3H3. The maximum Gasteiger partial charge on any atom is 0.0361 e. The maximum absolute atomic E-state index is 3.71. The van der Waals surface area contributed by atoms with Crippen LogP contribution in [-0.2, 0) is 6.54 Å². The summed E-state index contributed by atoms with van der Waals surface area (Å²) >= 11 is 2.01. The predicted octanol–water partition coefficient (Wildman–Crippen LogP) is 3.13. The zero-order valence-corrected chi connectivity index (χ0v) is 12.5. The summed E-state index contributed by atoms with van der Waals surface area (Å²) in [7, 11) is 4.16. The maximum atomic E-state index is 3.71. The first-order valence-corrected chi connectivity index (χ1v) is 8.02. The predicted molar refractivity (Wildman–Crippen MR) is 82.6 cm³/mol. The van der Waals surface area contributed by atoms with Gasteiger partial charge >= 0.3 is 0 Å². The molecular weight excluding hydrogens is 240 g/mol. The summed E-state index contributed by atoms with van der Waals surface area (Å²) in [6.45, 7) is 0.995. The lowest BCUT2D eigenvalue weighted by Gasteiger charge is -2.19. The molecule has 2 nitrogen and oxygen atoms in total. The van der Waals surface area contributed by atoms with Crippen molar-refractivity contribution in [2.24, 2.45) is 0 Å². The lowest BCUT2D eigenvalue weighted by molar-refractivity contribution is 0.532. The van der Waals surface area contributed by atoms with Gasteiger partial charge in [-0.2, -0.15) is 11.8 Å². The minimum atomic E-state index is 0.702. The second-order valence-electron chi connectivity index (χ2n) is 5.25. The smallest absolute Gasteiger partial charge is 0.0361 e. The molecule has 0 aromatic heterocycles. The normalized spacial score (nSPS) is 23.3. The second kappa shape index (κ2) is 6.48. The SMILES string of the molecule is CSC1CCCC1NCc1ccc(N(C)C)cc1. The Balaban J connectivity index is 1.86.